The third-order valence-electron chi connectivity index (χ3n) is 5.97. The Kier molecular flexibility index (Phi) is 20.3. The summed E-state index contributed by atoms with van der Waals surface area (Å²) in [4.78, 5) is 0. The topological polar surface area (TPSA) is 28.2 Å². The van der Waals surface area contributed by atoms with Crippen LogP contribution in [0.5, 0.6) is 0 Å². The van der Waals surface area contributed by atoms with Crippen molar-refractivity contribution in [1.29, 1.82) is 0 Å². The van der Waals surface area contributed by atoms with Gasteiger partial charge in [0.2, 0.25) is 0 Å². The molecule has 4 unspecified atom stereocenters. The summed E-state index contributed by atoms with van der Waals surface area (Å²) < 4.78 is 57.5. The first-order valence-electron chi connectivity index (χ1n) is 10.6. The van der Waals surface area contributed by atoms with Crippen molar-refractivity contribution in [2.45, 2.75) is 84.7 Å². The van der Waals surface area contributed by atoms with Crippen LogP contribution in [0.4, 0.5) is 26.3 Å². The van der Waals surface area contributed by atoms with Crippen LogP contribution in [0.2, 0.25) is 0 Å². The average Bonchev–Trinajstić information content (AvgIpc) is 2.58. The van der Waals surface area contributed by atoms with Crippen molar-refractivity contribution in [3.05, 3.63) is 24.0 Å². The number of rotatable bonds is 6. The molecule has 0 saturated heterocycles. The van der Waals surface area contributed by atoms with Gasteiger partial charge in [-0.25, -0.2) is 0 Å². The van der Waals surface area contributed by atoms with Crippen LogP contribution in [0, 0.1) is 37.0 Å². The van der Waals surface area contributed by atoms with Gasteiger partial charge in [-0.15, -0.1) is 12.1 Å². The van der Waals surface area contributed by atoms with Gasteiger partial charge in [0.15, 0.2) is 13.4 Å². The van der Waals surface area contributed by atoms with Gasteiger partial charge in [-0.05, 0) is 0 Å². The third-order valence-corrected chi connectivity index (χ3v) is 5.97. The van der Waals surface area contributed by atoms with E-state index in [1.54, 1.807) is 0 Å². The Morgan fingerprint density at radius 1 is 0.600 bits per heavy atom. The van der Waals surface area contributed by atoms with Gasteiger partial charge >= 0.3 is 21.7 Å². The quantitative estimate of drug-likeness (QED) is 0.159. The fraction of sp³-hybridized carbons (Fsp3) is 0.905. The molecule has 2 fully saturated rings. The summed E-state index contributed by atoms with van der Waals surface area (Å²) in [6.07, 6.45) is 9.47. The maximum Gasteiger partial charge on any atom is 4.00 e. The van der Waals surface area contributed by atoms with Crippen LogP contribution in [-0.4, -0.2) is 25.2 Å². The van der Waals surface area contributed by atoms with Gasteiger partial charge in [-0.3, -0.25) is 0 Å². The van der Waals surface area contributed by atoms with E-state index in [1.165, 1.54) is 38.5 Å². The van der Waals surface area contributed by atoms with Gasteiger partial charge in [0.1, 0.15) is 0 Å². The first-order valence-corrected chi connectivity index (χ1v) is 10.6. The molecule has 176 valence electrons. The van der Waals surface area contributed by atoms with Gasteiger partial charge in [-0.2, -0.15) is 13.1 Å². The summed E-state index contributed by atoms with van der Waals surface area (Å²) >= 11 is 0. The molecule has 2 saturated carbocycles. The largest absolute Gasteiger partial charge is 4.00 e. The molecule has 2 rings (SSSR count). The third kappa shape index (κ3) is 15.9. The average molecular weight is 478 g/mol. The minimum absolute atomic E-state index is 0. The molecule has 2 nitrogen and oxygen atoms in total. The Balaban J connectivity index is 0. The van der Waals surface area contributed by atoms with Gasteiger partial charge in [0, 0.05) is 0 Å². The van der Waals surface area contributed by atoms with Crippen molar-refractivity contribution in [3.63, 3.8) is 0 Å². The summed E-state index contributed by atoms with van der Waals surface area (Å²) in [7, 11) is 0. The number of nitrogens with zero attached hydrogens (tertiary/aromatic N) is 2. The molecular formula is C21H36F6N2Ti. The molecule has 9 heteroatoms. The zero-order chi connectivity index (χ0) is 22.4. The Morgan fingerprint density at radius 3 is 1.07 bits per heavy atom. The van der Waals surface area contributed by atoms with Crippen LogP contribution in [0.25, 0.3) is 10.6 Å². The van der Waals surface area contributed by atoms with E-state index in [1.807, 2.05) is 0 Å². The predicted molar refractivity (Wildman–Crippen MR) is 106 cm³/mol. The molecule has 0 radical (unpaired) electrons. The maximum absolute atomic E-state index is 9.58. The van der Waals surface area contributed by atoms with Crippen molar-refractivity contribution in [3.8, 4) is 0 Å². The van der Waals surface area contributed by atoms with E-state index >= 15 is 0 Å². The Morgan fingerprint density at radius 2 is 0.833 bits per heavy atom. The minimum atomic E-state index is -3.08. The molecule has 0 amide bonds. The standard InChI is InChI=1S/C19H36N2.2CF3.Ti/c1-14-8-5-9-15(2)18(14)20-12-7-13-21-19-16(3)10-6-11-17(19)4;2*2-1(3)4;/h14-19H,5-13H2,1-4H3;;;/q-2;2*-1;+4. The zero-order valence-electron chi connectivity index (χ0n) is 18.5. The van der Waals surface area contributed by atoms with E-state index in [0.717, 1.165) is 43.2 Å². The Labute approximate surface area is 193 Å². The molecule has 0 aromatic rings. The molecule has 30 heavy (non-hydrogen) atoms. The SMILES string of the molecule is CC1CCCC(C)C1[N-]CCC[N-]C1C(C)CCCC1C.F[C-](F)F.F[C-](F)F.[Ti+4]. The van der Waals surface area contributed by atoms with E-state index in [4.69, 9.17) is 10.6 Å². The van der Waals surface area contributed by atoms with E-state index in [0.29, 0.717) is 12.1 Å². The van der Waals surface area contributed by atoms with E-state index in [2.05, 4.69) is 27.7 Å². The van der Waals surface area contributed by atoms with Crippen LogP contribution in [0.3, 0.4) is 0 Å². The van der Waals surface area contributed by atoms with Crippen LogP contribution in [0.15, 0.2) is 0 Å². The summed E-state index contributed by atoms with van der Waals surface area (Å²) in [6.45, 7) is 5.44. The molecule has 0 spiro atoms. The van der Waals surface area contributed by atoms with Crippen molar-refractivity contribution in [2.24, 2.45) is 23.7 Å². The zero-order valence-corrected chi connectivity index (χ0v) is 20.1. The molecule has 0 N–H and O–H groups in total. The second-order valence-electron chi connectivity index (χ2n) is 8.35. The molecular weight excluding hydrogens is 442 g/mol. The first kappa shape index (κ1) is 32.4. The number of halogens is 6. The second kappa shape index (κ2) is 18.8. The van der Waals surface area contributed by atoms with Gasteiger partial charge in [0.05, 0.1) is 0 Å². The molecule has 0 bridgehead atoms. The van der Waals surface area contributed by atoms with Crippen LogP contribution in [0.1, 0.15) is 72.6 Å². The Bertz CT molecular complexity index is 333. The number of hydrogen-bond acceptors (Lipinski definition) is 0. The van der Waals surface area contributed by atoms with Crippen molar-refractivity contribution in [2.75, 3.05) is 13.1 Å². The van der Waals surface area contributed by atoms with Gasteiger partial charge < -0.3 is 37.0 Å². The van der Waals surface area contributed by atoms with Crippen molar-refractivity contribution in [1.82, 2.24) is 0 Å². The fourth-order valence-corrected chi connectivity index (χ4v) is 4.60. The normalized spacial score (nSPS) is 31.2. The monoisotopic (exact) mass is 478 g/mol. The summed E-state index contributed by atoms with van der Waals surface area (Å²) in [5.74, 6) is 3.18. The fourth-order valence-electron chi connectivity index (χ4n) is 4.60. The molecule has 0 aliphatic heterocycles. The van der Waals surface area contributed by atoms with Crippen LogP contribution < -0.4 is 0 Å². The molecule has 0 heterocycles. The summed E-state index contributed by atoms with van der Waals surface area (Å²) in [5, 5.41) is 10.0. The molecule has 0 aromatic carbocycles. The van der Waals surface area contributed by atoms with Gasteiger partial charge in [0.25, 0.3) is 0 Å². The second-order valence-corrected chi connectivity index (χ2v) is 8.35. The van der Waals surface area contributed by atoms with Gasteiger partial charge in [-0.1, -0.05) is 96.3 Å². The van der Waals surface area contributed by atoms with Crippen molar-refractivity contribution >= 4 is 0 Å². The molecule has 4 atom stereocenters. The molecule has 2 aliphatic rings. The first-order chi connectivity index (χ1) is 13.6. The van der Waals surface area contributed by atoms with Crippen molar-refractivity contribution < 1.29 is 48.1 Å². The summed E-state index contributed by atoms with van der Waals surface area (Å²) in [5.41, 5.74) is 0. The smallest absolute Gasteiger partial charge is 0.659 e. The van der Waals surface area contributed by atoms with E-state index in [9.17, 15) is 26.3 Å². The molecule has 0 aromatic heterocycles. The Hall–Kier alpha value is 0.214. The van der Waals surface area contributed by atoms with E-state index in [-0.39, 0.29) is 21.7 Å². The maximum atomic E-state index is 9.58. The molecule has 2 aliphatic carbocycles. The predicted octanol–water partition coefficient (Wildman–Crippen LogP) is 8.45. The van der Waals surface area contributed by atoms with E-state index < -0.39 is 13.4 Å². The number of hydrogen-bond donors (Lipinski definition) is 0. The summed E-state index contributed by atoms with van der Waals surface area (Å²) in [6, 6.07) is 1.23. The van der Waals surface area contributed by atoms with Crippen LogP contribution >= 0.6 is 0 Å². The minimum Gasteiger partial charge on any atom is -0.659 e. The van der Waals surface area contributed by atoms with Crippen LogP contribution in [-0.2, 0) is 21.7 Å².